The molecule has 0 unspecified atom stereocenters. The molecule has 0 saturated heterocycles. The Morgan fingerprint density at radius 1 is 1.19 bits per heavy atom. The number of primary amides is 1. The van der Waals surface area contributed by atoms with E-state index < -0.39 is 28.0 Å². The molecule has 0 aliphatic rings. The lowest BCUT2D eigenvalue weighted by Gasteiger charge is -2.11. The summed E-state index contributed by atoms with van der Waals surface area (Å²) in [7, 11) is -3.92. The molecule has 2 rings (SSSR count). The Hall–Kier alpha value is -2.49. The molecule has 146 valence electrons. The molecule has 0 aromatic heterocycles. The second kappa shape index (κ2) is 9.45. The molecule has 9 heteroatoms. The van der Waals surface area contributed by atoms with Gasteiger partial charge in [0.15, 0.2) is 6.10 Å². The Labute approximate surface area is 157 Å². The zero-order valence-corrected chi connectivity index (χ0v) is 15.5. The van der Waals surface area contributed by atoms with Crippen LogP contribution in [-0.4, -0.2) is 26.3 Å². The highest BCUT2D eigenvalue weighted by Gasteiger charge is 2.19. The molecule has 7 nitrogen and oxygen atoms in total. The number of benzene rings is 2. The molecular formula is C18H21FN2O5S. The van der Waals surface area contributed by atoms with Gasteiger partial charge in [-0.2, -0.15) is 8.42 Å². The lowest BCUT2D eigenvalue weighted by molar-refractivity contribution is -0.123. The monoisotopic (exact) mass is 396 g/mol. The third-order valence-corrected chi connectivity index (χ3v) is 4.71. The fourth-order valence-electron chi connectivity index (χ4n) is 2.10. The number of hydrogen-bond acceptors (Lipinski definition) is 6. The largest absolute Gasteiger partial charge is 0.489 e. The summed E-state index contributed by atoms with van der Waals surface area (Å²) >= 11 is 0. The summed E-state index contributed by atoms with van der Waals surface area (Å²) < 4.78 is 47.1. The first kappa shape index (κ1) is 20.8. The average Bonchev–Trinajstić information content (AvgIpc) is 2.61. The van der Waals surface area contributed by atoms with Gasteiger partial charge < -0.3 is 10.5 Å². The zero-order chi connectivity index (χ0) is 19.9. The predicted molar refractivity (Wildman–Crippen MR) is 97.5 cm³/mol. The third kappa shape index (κ3) is 6.97. The van der Waals surface area contributed by atoms with Crippen molar-refractivity contribution < 1.29 is 26.5 Å². The number of carbonyl (C=O) groups is 1. The van der Waals surface area contributed by atoms with Crippen molar-refractivity contribution >= 4 is 16.0 Å². The summed E-state index contributed by atoms with van der Waals surface area (Å²) in [6.45, 7) is 1.64. The highest BCUT2D eigenvalue weighted by Crippen LogP contribution is 2.15. The Balaban J connectivity index is 1.80. The fraction of sp³-hybridized carbons (Fsp3) is 0.278. The topological polar surface area (TPSA) is 108 Å². The molecule has 0 aliphatic heterocycles. The number of nitrogens with one attached hydrogen (secondary N) is 1. The van der Waals surface area contributed by atoms with Crippen molar-refractivity contribution in [3.8, 4) is 5.75 Å². The molecular weight excluding hydrogens is 375 g/mol. The minimum Gasteiger partial charge on any atom is -0.489 e. The van der Waals surface area contributed by atoms with Crippen LogP contribution in [0.25, 0.3) is 0 Å². The maximum atomic E-state index is 13.5. The van der Waals surface area contributed by atoms with Crippen molar-refractivity contribution in [2.24, 2.45) is 5.73 Å². The number of ether oxygens (including phenoxy) is 1. The van der Waals surface area contributed by atoms with Crippen LogP contribution in [0.5, 0.6) is 5.75 Å². The molecule has 1 amide bonds. The van der Waals surface area contributed by atoms with Gasteiger partial charge in [-0.25, -0.2) is 4.39 Å². The van der Waals surface area contributed by atoms with Crippen molar-refractivity contribution in [1.29, 1.82) is 0 Å². The van der Waals surface area contributed by atoms with E-state index in [1.165, 1.54) is 13.0 Å². The first-order chi connectivity index (χ1) is 12.8. The van der Waals surface area contributed by atoms with E-state index in [4.69, 9.17) is 10.5 Å². The Morgan fingerprint density at radius 3 is 2.48 bits per heavy atom. The quantitative estimate of drug-likeness (QED) is 0.592. The van der Waals surface area contributed by atoms with Gasteiger partial charge in [-0.15, -0.1) is 0 Å². The number of hydrogen-bond donors (Lipinski definition) is 2. The summed E-state index contributed by atoms with van der Waals surface area (Å²) in [6.07, 6.45) is -1.22. The molecule has 0 radical (unpaired) electrons. The van der Waals surface area contributed by atoms with Crippen LogP contribution in [0.2, 0.25) is 0 Å². The normalized spacial score (nSPS) is 12.5. The van der Waals surface area contributed by atoms with Crippen molar-refractivity contribution in [2.75, 3.05) is 5.88 Å². The van der Waals surface area contributed by atoms with Gasteiger partial charge in [0.1, 0.15) is 24.1 Å². The average molecular weight is 396 g/mol. The third-order valence-electron chi connectivity index (χ3n) is 3.58. The smallest absolute Gasteiger partial charge is 0.281 e. The van der Waals surface area contributed by atoms with Crippen molar-refractivity contribution in [3.63, 3.8) is 0 Å². The SMILES string of the molecule is C[C@H](OS(=O)(=O)CNCc1ccc(OCc2ccccc2F)cc1)C(N)=O. The minimum absolute atomic E-state index is 0.109. The second-order valence-electron chi connectivity index (χ2n) is 5.79. The summed E-state index contributed by atoms with van der Waals surface area (Å²) in [4.78, 5) is 10.8. The van der Waals surface area contributed by atoms with Gasteiger partial charge in [-0.05, 0) is 30.7 Å². The van der Waals surface area contributed by atoms with Crippen molar-refractivity contribution in [1.82, 2.24) is 5.32 Å². The molecule has 1 atom stereocenters. The second-order valence-corrected chi connectivity index (χ2v) is 7.39. The number of halogens is 1. The molecule has 3 N–H and O–H groups in total. The van der Waals surface area contributed by atoms with E-state index in [0.29, 0.717) is 11.3 Å². The Morgan fingerprint density at radius 2 is 1.85 bits per heavy atom. The van der Waals surface area contributed by atoms with Gasteiger partial charge >= 0.3 is 0 Å². The van der Waals surface area contributed by atoms with Crippen LogP contribution < -0.4 is 15.8 Å². The Kier molecular flexibility index (Phi) is 7.28. The van der Waals surface area contributed by atoms with Crippen LogP contribution in [-0.2, 0) is 32.2 Å². The van der Waals surface area contributed by atoms with Crippen LogP contribution in [0, 0.1) is 5.82 Å². The van der Waals surface area contributed by atoms with Gasteiger partial charge in [0.05, 0.1) is 0 Å². The number of carbonyl (C=O) groups excluding carboxylic acids is 1. The van der Waals surface area contributed by atoms with Gasteiger partial charge in [0, 0.05) is 12.1 Å². The summed E-state index contributed by atoms with van der Waals surface area (Å²) in [5.41, 5.74) is 6.23. The van der Waals surface area contributed by atoms with Crippen LogP contribution >= 0.6 is 0 Å². The van der Waals surface area contributed by atoms with Crippen molar-refractivity contribution in [3.05, 3.63) is 65.5 Å². The van der Waals surface area contributed by atoms with E-state index in [9.17, 15) is 17.6 Å². The van der Waals surface area contributed by atoms with Crippen LogP contribution in [0.4, 0.5) is 4.39 Å². The van der Waals surface area contributed by atoms with E-state index in [1.54, 1.807) is 42.5 Å². The van der Waals surface area contributed by atoms with Crippen LogP contribution in [0.15, 0.2) is 48.5 Å². The highest BCUT2D eigenvalue weighted by atomic mass is 32.2. The molecule has 0 aliphatic carbocycles. The molecule has 2 aromatic carbocycles. The molecule has 2 aromatic rings. The van der Waals surface area contributed by atoms with Crippen LogP contribution in [0.3, 0.4) is 0 Å². The summed E-state index contributed by atoms with van der Waals surface area (Å²) in [5, 5.41) is 2.72. The maximum Gasteiger partial charge on any atom is 0.281 e. The predicted octanol–water partition coefficient (Wildman–Crippen LogP) is 1.67. The summed E-state index contributed by atoms with van der Waals surface area (Å²) in [5.74, 6) is -1.08. The molecule has 0 fully saturated rings. The van der Waals surface area contributed by atoms with Crippen LogP contribution in [0.1, 0.15) is 18.1 Å². The number of rotatable bonds is 10. The molecule has 0 saturated carbocycles. The van der Waals surface area contributed by atoms with E-state index in [-0.39, 0.29) is 19.0 Å². The molecule has 0 heterocycles. The molecule has 0 bridgehead atoms. The van der Waals surface area contributed by atoms with E-state index in [1.807, 2.05) is 0 Å². The van der Waals surface area contributed by atoms with E-state index in [2.05, 4.69) is 9.50 Å². The van der Waals surface area contributed by atoms with Gasteiger partial charge in [-0.3, -0.25) is 14.3 Å². The van der Waals surface area contributed by atoms with E-state index >= 15 is 0 Å². The highest BCUT2D eigenvalue weighted by molar-refractivity contribution is 7.86. The Bertz CT molecular complexity index is 872. The molecule has 27 heavy (non-hydrogen) atoms. The van der Waals surface area contributed by atoms with Gasteiger partial charge in [0.2, 0.25) is 5.91 Å². The lowest BCUT2D eigenvalue weighted by Crippen LogP contribution is -2.34. The van der Waals surface area contributed by atoms with Gasteiger partial charge in [0.25, 0.3) is 10.1 Å². The summed E-state index contributed by atoms with van der Waals surface area (Å²) in [6, 6.07) is 13.3. The maximum absolute atomic E-state index is 13.5. The standard InChI is InChI=1S/C18H21FN2O5S/c1-13(18(20)22)26-27(23,24)12-21-10-14-6-8-16(9-7-14)25-11-15-4-2-3-5-17(15)19/h2-9,13,21H,10-12H2,1H3,(H2,20,22)/t13-/m0/s1. The fourth-order valence-corrected chi connectivity index (χ4v) is 3.06. The number of nitrogens with two attached hydrogens (primary N) is 1. The lowest BCUT2D eigenvalue weighted by atomic mass is 10.2. The number of amides is 1. The van der Waals surface area contributed by atoms with Gasteiger partial charge in [-0.1, -0.05) is 30.3 Å². The van der Waals surface area contributed by atoms with E-state index in [0.717, 1.165) is 5.56 Å². The van der Waals surface area contributed by atoms with Crippen molar-refractivity contribution in [2.45, 2.75) is 26.2 Å². The minimum atomic E-state index is -3.92. The first-order valence-electron chi connectivity index (χ1n) is 8.13. The first-order valence-corrected chi connectivity index (χ1v) is 9.71. The zero-order valence-electron chi connectivity index (χ0n) is 14.7. The molecule has 0 spiro atoms.